The number of nitrogen functional groups attached to an aromatic ring is 1. The Balaban J connectivity index is 2.28. The molecule has 0 unspecified atom stereocenters. The van der Waals surface area contributed by atoms with Crippen molar-refractivity contribution >= 4 is 11.7 Å². The van der Waals surface area contributed by atoms with E-state index in [0.717, 1.165) is 5.69 Å². The largest absolute Gasteiger partial charge is 0.372 e. The summed E-state index contributed by atoms with van der Waals surface area (Å²) in [4.78, 5) is 18.9. The molecule has 1 aliphatic heterocycles. The SMILES string of the molecule is CC(C)c1cc(C(=O)N2CCOC(C)(C)C2)cc(NN)n1. The van der Waals surface area contributed by atoms with Crippen LogP contribution in [0, 0.1) is 0 Å². The molecule has 1 fully saturated rings. The number of pyridine rings is 1. The van der Waals surface area contributed by atoms with Crippen LogP contribution in [0.4, 0.5) is 5.82 Å². The molecule has 1 saturated heterocycles. The lowest BCUT2D eigenvalue weighted by Gasteiger charge is -2.38. The number of nitrogens with two attached hydrogens (primary N) is 1. The minimum absolute atomic E-state index is 0.00725. The summed E-state index contributed by atoms with van der Waals surface area (Å²) in [5, 5.41) is 0. The standard InChI is InChI=1S/C15H24N4O2/c1-10(2)12-7-11(8-13(17-12)18-16)14(20)19-5-6-21-15(3,4)9-19/h7-8,10H,5-6,9,16H2,1-4H3,(H,17,18). The van der Waals surface area contributed by atoms with Gasteiger partial charge in [-0.05, 0) is 31.9 Å². The lowest BCUT2D eigenvalue weighted by molar-refractivity contribution is -0.0764. The average Bonchev–Trinajstić information content (AvgIpc) is 2.44. The van der Waals surface area contributed by atoms with Gasteiger partial charge in [-0.1, -0.05) is 13.8 Å². The maximum absolute atomic E-state index is 12.7. The maximum atomic E-state index is 12.7. The van der Waals surface area contributed by atoms with E-state index in [0.29, 0.717) is 31.1 Å². The molecule has 6 heteroatoms. The molecule has 6 nitrogen and oxygen atoms in total. The number of hydrogen-bond acceptors (Lipinski definition) is 5. The van der Waals surface area contributed by atoms with Gasteiger partial charge in [0.25, 0.3) is 5.91 Å². The Hall–Kier alpha value is -1.66. The number of aromatic nitrogens is 1. The zero-order valence-electron chi connectivity index (χ0n) is 13.1. The zero-order valence-corrected chi connectivity index (χ0v) is 13.1. The second kappa shape index (κ2) is 5.99. The molecular formula is C15H24N4O2. The molecule has 0 saturated carbocycles. The van der Waals surface area contributed by atoms with Crippen molar-refractivity contribution in [3.63, 3.8) is 0 Å². The summed E-state index contributed by atoms with van der Waals surface area (Å²) in [5.74, 6) is 6.18. The van der Waals surface area contributed by atoms with Crippen LogP contribution in [0.2, 0.25) is 0 Å². The Bertz CT molecular complexity index is 528. The number of anilines is 1. The maximum Gasteiger partial charge on any atom is 0.254 e. The summed E-state index contributed by atoms with van der Waals surface area (Å²) in [6, 6.07) is 3.53. The van der Waals surface area contributed by atoms with Gasteiger partial charge in [0.05, 0.1) is 12.2 Å². The van der Waals surface area contributed by atoms with Crippen molar-refractivity contribution in [1.82, 2.24) is 9.88 Å². The first kappa shape index (κ1) is 15.7. The Morgan fingerprint density at radius 2 is 2.19 bits per heavy atom. The summed E-state index contributed by atoms with van der Waals surface area (Å²) in [6.07, 6.45) is 0. The number of nitrogens with one attached hydrogen (secondary N) is 1. The molecule has 2 rings (SSSR count). The van der Waals surface area contributed by atoms with Crippen molar-refractivity contribution in [3.05, 3.63) is 23.4 Å². The highest BCUT2D eigenvalue weighted by atomic mass is 16.5. The Morgan fingerprint density at radius 1 is 1.48 bits per heavy atom. The fraction of sp³-hybridized carbons (Fsp3) is 0.600. The Morgan fingerprint density at radius 3 is 2.76 bits per heavy atom. The van der Waals surface area contributed by atoms with E-state index in [1.807, 2.05) is 38.7 Å². The molecule has 21 heavy (non-hydrogen) atoms. The highest BCUT2D eigenvalue weighted by Gasteiger charge is 2.30. The van der Waals surface area contributed by atoms with E-state index in [4.69, 9.17) is 10.6 Å². The van der Waals surface area contributed by atoms with Crippen LogP contribution in [-0.4, -0.2) is 41.1 Å². The van der Waals surface area contributed by atoms with Crippen molar-refractivity contribution in [1.29, 1.82) is 0 Å². The predicted molar refractivity (Wildman–Crippen MR) is 82.1 cm³/mol. The van der Waals surface area contributed by atoms with Crippen LogP contribution in [0.5, 0.6) is 0 Å². The molecule has 3 N–H and O–H groups in total. The number of amides is 1. The van der Waals surface area contributed by atoms with E-state index < -0.39 is 0 Å². The van der Waals surface area contributed by atoms with E-state index in [-0.39, 0.29) is 17.4 Å². The number of rotatable bonds is 3. The second-order valence-electron chi connectivity index (χ2n) is 6.30. The van der Waals surface area contributed by atoms with Gasteiger partial charge in [-0.15, -0.1) is 0 Å². The van der Waals surface area contributed by atoms with Gasteiger partial charge >= 0.3 is 0 Å². The molecule has 0 radical (unpaired) electrons. The normalized spacial score (nSPS) is 17.9. The van der Waals surface area contributed by atoms with Crippen molar-refractivity contribution in [2.45, 2.75) is 39.2 Å². The smallest absolute Gasteiger partial charge is 0.254 e. The Labute approximate surface area is 125 Å². The van der Waals surface area contributed by atoms with E-state index in [1.54, 1.807) is 6.07 Å². The first-order valence-corrected chi connectivity index (χ1v) is 7.24. The number of hydrazine groups is 1. The molecule has 0 atom stereocenters. The van der Waals surface area contributed by atoms with Gasteiger partial charge in [-0.25, -0.2) is 10.8 Å². The lowest BCUT2D eigenvalue weighted by atomic mass is 10.0. The van der Waals surface area contributed by atoms with Crippen LogP contribution < -0.4 is 11.3 Å². The summed E-state index contributed by atoms with van der Waals surface area (Å²) in [6.45, 7) is 9.80. The summed E-state index contributed by atoms with van der Waals surface area (Å²) in [7, 11) is 0. The molecule has 0 bridgehead atoms. The van der Waals surface area contributed by atoms with Crippen molar-refractivity contribution in [3.8, 4) is 0 Å². The topological polar surface area (TPSA) is 80.5 Å². The number of hydrogen-bond donors (Lipinski definition) is 2. The van der Waals surface area contributed by atoms with Gasteiger partial charge in [0.2, 0.25) is 0 Å². The van der Waals surface area contributed by atoms with Gasteiger partial charge in [-0.2, -0.15) is 0 Å². The van der Waals surface area contributed by atoms with Crippen LogP contribution in [0.15, 0.2) is 12.1 Å². The van der Waals surface area contributed by atoms with Crippen LogP contribution >= 0.6 is 0 Å². The van der Waals surface area contributed by atoms with Gasteiger partial charge in [-0.3, -0.25) is 4.79 Å². The molecule has 0 aromatic carbocycles. The summed E-state index contributed by atoms with van der Waals surface area (Å²) < 4.78 is 5.65. The van der Waals surface area contributed by atoms with E-state index >= 15 is 0 Å². The fourth-order valence-corrected chi connectivity index (χ4v) is 2.42. The number of morpholine rings is 1. The van der Waals surface area contributed by atoms with Gasteiger partial charge < -0.3 is 15.1 Å². The molecule has 1 aromatic heterocycles. The van der Waals surface area contributed by atoms with Crippen LogP contribution in [-0.2, 0) is 4.74 Å². The number of ether oxygens (including phenoxy) is 1. The molecule has 2 heterocycles. The lowest BCUT2D eigenvalue weighted by Crippen LogP contribution is -2.50. The molecule has 0 spiro atoms. The van der Waals surface area contributed by atoms with Crippen LogP contribution in [0.1, 0.15) is 49.7 Å². The second-order valence-corrected chi connectivity index (χ2v) is 6.30. The third-order valence-corrected chi connectivity index (χ3v) is 3.54. The molecule has 116 valence electrons. The van der Waals surface area contributed by atoms with Crippen LogP contribution in [0.3, 0.4) is 0 Å². The van der Waals surface area contributed by atoms with Crippen molar-refractivity contribution < 1.29 is 9.53 Å². The van der Waals surface area contributed by atoms with E-state index in [1.165, 1.54) is 0 Å². The predicted octanol–water partition coefficient (Wildman–Crippen LogP) is 1.74. The van der Waals surface area contributed by atoms with Gasteiger partial charge in [0.1, 0.15) is 5.82 Å². The first-order chi connectivity index (χ1) is 9.82. The summed E-state index contributed by atoms with van der Waals surface area (Å²) >= 11 is 0. The summed E-state index contributed by atoms with van der Waals surface area (Å²) in [5.41, 5.74) is 3.68. The van der Waals surface area contributed by atoms with Gasteiger partial charge in [0.15, 0.2) is 0 Å². The average molecular weight is 292 g/mol. The van der Waals surface area contributed by atoms with Crippen molar-refractivity contribution in [2.75, 3.05) is 25.1 Å². The van der Waals surface area contributed by atoms with E-state index in [2.05, 4.69) is 10.4 Å². The highest BCUT2D eigenvalue weighted by Crippen LogP contribution is 2.22. The zero-order chi connectivity index (χ0) is 15.6. The molecule has 0 aliphatic carbocycles. The number of carbonyl (C=O) groups is 1. The third kappa shape index (κ3) is 3.71. The number of nitrogens with zero attached hydrogens (tertiary/aromatic N) is 2. The van der Waals surface area contributed by atoms with Gasteiger partial charge in [0, 0.05) is 24.3 Å². The van der Waals surface area contributed by atoms with Crippen molar-refractivity contribution in [2.24, 2.45) is 5.84 Å². The molecule has 1 amide bonds. The Kier molecular flexibility index (Phi) is 4.49. The molecular weight excluding hydrogens is 268 g/mol. The quantitative estimate of drug-likeness (QED) is 0.655. The fourth-order valence-electron chi connectivity index (χ4n) is 2.42. The first-order valence-electron chi connectivity index (χ1n) is 7.24. The minimum atomic E-state index is -0.309. The highest BCUT2D eigenvalue weighted by molar-refractivity contribution is 5.95. The minimum Gasteiger partial charge on any atom is -0.372 e. The van der Waals surface area contributed by atoms with E-state index in [9.17, 15) is 4.79 Å². The third-order valence-electron chi connectivity index (χ3n) is 3.54. The monoisotopic (exact) mass is 292 g/mol. The molecule has 1 aliphatic rings. The van der Waals surface area contributed by atoms with Crippen LogP contribution in [0.25, 0.3) is 0 Å². The number of carbonyl (C=O) groups excluding carboxylic acids is 1. The molecule has 1 aromatic rings.